The van der Waals surface area contributed by atoms with Gasteiger partial charge in [0.25, 0.3) is 5.91 Å². The van der Waals surface area contributed by atoms with Crippen LogP contribution in [0.3, 0.4) is 0 Å². The van der Waals surface area contributed by atoms with E-state index in [4.69, 9.17) is 14.6 Å². The minimum Gasteiger partial charge on any atom is -0.475 e. The first kappa shape index (κ1) is 32.3. The Morgan fingerprint density at radius 3 is 2.00 bits per heavy atom. The molecular weight excluding hydrogens is 538 g/mol. The Kier molecular flexibility index (Phi) is 12.4. The summed E-state index contributed by atoms with van der Waals surface area (Å²) in [5, 5.41) is 10.3. The molecule has 220 valence electrons. The first-order valence-corrected chi connectivity index (χ1v) is 12.3. The number of alkyl halides is 6. The largest absolute Gasteiger partial charge is 0.490 e. The first-order valence-electron chi connectivity index (χ1n) is 12.3. The van der Waals surface area contributed by atoms with Gasteiger partial charge in [-0.15, -0.1) is 0 Å². The maximum atomic E-state index is 13.1. The first-order chi connectivity index (χ1) is 18.3. The van der Waals surface area contributed by atoms with Crippen molar-refractivity contribution in [3.8, 4) is 0 Å². The number of carbonyl (C=O) groups is 3. The van der Waals surface area contributed by atoms with Crippen molar-refractivity contribution in [3.05, 3.63) is 35.4 Å². The summed E-state index contributed by atoms with van der Waals surface area (Å²) in [6, 6.07) is 4.26. The molecule has 0 unspecified atom stereocenters. The van der Waals surface area contributed by atoms with E-state index in [-0.39, 0.29) is 30.3 Å². The highest BCUT2D eigenvalue weighted by Crippen LogP contribution is 2.29. The van der Waals surface area contributed by atoms with Crippen LogP contribution < -0.4 is 5.32 Å². The molecule has 0 aliphatic carbocycles. The fraction of sp³-hybridized carbons (Fsp3) is 0.625. The Labute approximate surface area is 221 Å². The van der Waals surface area contributed by atoms with Gasteiger partial charge in [-0.1, -0.05) is 0 Å². The summed E-state index contributed by atoms with van der Waals surface area (Å²) in [6.07, 6.45) is -8.62. The van der Waals surface area contributed by atoms with Crippen LogP contribution in [0.5, 0.6) is 0 Å². The summed E-state index contributed by atoms with van der Waals surface area (Å²) in [6.45, 7) is 7.32. The number of piperazine rings is 1. The van der Waals surface area contributed by atoms with Crippen molar-refractivity contribution in [3.63, 3.8) is 0 Å². The molecule has 15 heteroatoms. The van der Waals surface area contributed by atoms with E-state index in [2.05, 4.69) is 10.2 Å². The minimum atomic E-state index is -5.08. The van der Waals surface area contributed by atoms with Crippen molar-refractivity contribution in [1.29, 1.82) is 0 Å². The standard InChI is InChI=1S/C22H31F3N4O3.C2HF3O2/c23-22(24,25)19-4-2-18(3-5-19)21(31)29(10-1-9-27-14-16-32-17-15-27)11-6-20(30)28-12-7-26-8-13-28;3-2(4,5)1(6)7/h2-5,26H,1,6-17H2;(H,6,7). The number of hydrogen-bond donors (Lipinski definition) is 2. The maximum Gasteiger partial charge on any atom is 0.490 e. The molecule has 0 saturated carbocycles. The minimum absolute atomic E-state index is 0.00935. The summed E-state index contributed by atoms with van der Waals surface area (Å²) in [4.78, 5) is 40.1. The number of nitrogens with zero attached hydrogens (tertiary/aromatic N) is 3. The molecule has 2 N–H and O–H groups in total. The molecule has 2 aliphatic rings. The number of carbonyl (C=O) groups excluding carboxylic acids is 2. The molecule has 3 rings (SSSR count). The number of morpholine rings is 1. The van der Waals surface area contributed by atoms with Crippen LogP contribution in [-0.4, -0.2) is 116 Å². The summed E-state index contributed by atoms with van der Waals surface area (Å²) >= 11 is 0. The third-order valence-electron chi connectivity index (χ3n) is 6.06. The molecule has 0 aromatic heterocycles. The third-order valence-corrected chi connectivity index (χ3v) is 6.06. The predicted octanol–water partition coefficient (Wildman–Crippen LogP) is 2.33. The molecule has 2 heterocycles. The van der Waals surface area contributed by atoms with Gasteiger partial charge in [-0.25, -0.2) is 4.79 Å². The smallest absolute Gasteiger partial charge is 0.475 e. The molecule has 0 spiro atoms. The zero-order valence-electron chi connectivity index (χ0n) is 21.2. The van der Waals surface area contributed by atoms with Gasteiger partial charge in [0.2, 0.25) is 5.91 Å². The molecule has 2 aliphatic heterocycles. The van der Waals surface area contributed by atoms with Crippen LogP contribution in [0, 0.1) is 0 Å². The number of benzene rings is 1. The molecule has 39 heavy (non-hydrogen) atoms. The maximum absolute atomic E-state index is 13.1. The number of carboxylic acids is 1. The fourth-order valence-electron chi connectivity index (χ4n) is 3.91. The van der Waals surface area contributed by atoms with Crippen LogP contribution in [-0.2, 0) is 20.5 Å². The second-order valence-electron chi connectivity index (χ2n) is 8.86. The number of rotatable bonds is 8. The lowest BCUT2D eigenvalue weighted by atomic mass is 10.1. The average molecular weight is 571 g/mol. The van der Waals surface area contributed by atoms with Crippen molar-refractivity contribution >= 4 is 17.8 Å². The molecule has 0 atom stereocenters. The second-order valence-corrected chi connectivity index (χ2v) is 8.86. The number of carboxylic acid groups (broad SMARTS) is 1. The monoisotopic (exact) mass is 570 g/mol. The van der Waals surface area contributed by atoms with Gasteiger partial charge in [-0.05, 0) is 30.7 Å². The Balaban J connectivity index is 0.000000673. The number of aliphatic carboxylic acids is 1. The topological polar surface area (TPSA) is 102 Å². The highest BCUT2D eigenvalue weighted by Gasteiger charge is 2.38. The van der Waals surface area contributed by atoms with E-state index in [0.717, 1.165) is 44.9 Å². The average Bonchev–Trinajstić information content (AvgIpc) is 2.90. The van der Waals surface area contributed by atoms with Crippen molar-refractivity contribution in [2.75, 3.05) is 72.1 Å². The number of hydrogen-bond acceptors (Lipinski definition) is 6. The Morgan fingerprint density at radius 1 is 0.923 bits per heavy atom. The Bertz CT molecular complexity index is 930. The number of amides is 2. The summed E-state index contributed by atoms with van der Waals surface area (Å²) in [5.41, 5.74) is -0.596. The molecule has 2 amide bonds. The summed E-state index contributed by atoms with van der Waals surface area (Å²) < 4.78 is 75.6. The van der Waals surface area contributed by atoms with Crippen molar-refractivity contribution in [1.82, 2.24) is 20.0 Å². The molecule has 0 bridgehead atoms. The van der Waals surface area contributed by atoms with Gasteiger partial charge < -0.3 is 25.0 Å². The van der Waals surface area contributed by atoms with E-state index in [1.165, 1.54) is 12.1 Å². The zero-order valence-corrected chi connectivity index (χ0v) is 21.2. The summed E-state index contributed by atoms with van der Waals surface area (Å²) in [5.74, 6) is -3.12. The lowest BCUT2D eigenvalue weighted by molar-refractivity contribution is -0.192. The van der Waals surface area contributed by atoms with Gasteiger partial charge in [-0.3, -0.25) is 14.5 Å². The van der Waals surface area contributed by atoms with E-state index >= 15 is 0 Å². The van der Waals surface area contributed by atoms with Crippen molar-refractivity contribution in [2.24, 2.45) is 0 Å². The number of halogens is 6. The van der Waals surface area contributed by atoms with E-state index < -0.39 is 23.9 Å². The number of nitrogens with one attached hydrogen (secondary N) is 1. The lowest BCUT2D eigenvalue weighted by Crippen LogP contribution is -2.47. The van der Waals surface area contributed by atoms with Crippen molar-refractivity contribution < 1.29 is 50.6 Å². The molecule has 1 aromatic rings. The quantitative estimate of drug-likeness (QED) is 0.463. The molecule has 1 aromatic carbocycles. The lowest BCUT2D eigenvalue weighted by Gasteiger charge is -2.30. The SMILES string of the molecule is O=C(CCN(CCCN1CCOCC1)C(=O)c1ccc(C(F)(F)F)cc1)N1CCNCC1.O=C(O)C(F)(F)F. The van der Waals surface area contributed by atoms with Gasteiger partial charge in [-0.2, -0.15) is 26.3 Å². The zero-order chi connectivity index (χ0) is 29.1. The molecular formula is C24H32F6N4O5. The summed E-state index contributed by atoms with van der Waals surface area (Å²) in [7, 11) is 0. The third kappa shape index (κ3) is 11.4. The molecule has 9 nitrogen and oxygen atoms in total. The van der Waals surface area contributed by atoms with E-state index in [0.29, 0.717) is 39.3 Å². The highest BCUT2D eigenvalue weighted by atomic mass is 19.4. The number of ether oxygens (including phenoxy) is 1. The molecule has 2 fully saturated rings. The van der Waals surface area contributed by atoms with E-state index in [9.17, 15) is 35.9 Å². The van der Waals surface area contributed by atoms with Gasteiger partial charge in [0.05, 0.1) is 18.8 Å². The van der Waals surface area contributed by atoms with Gasteiger partial charge in [0.15, 0.2) is 0 Å². The van der Waals surface area contributed by atoms with E-state index in [1.54, 1.807) is 9.80 Å². The Hall–Kier alpha value is -2.91. The normalized spacial score (nSPS) is 16.7. The van der Waals surface area contributed by atoms with Gasteiger partial charge >= 0.3 is 18.3 Å². The van der Waals surface area contributed by atoms with Crippen LogP contribution in [0.25, 0.3) is 0 Å². The Morgan fingerprint density at radius 2 is 1.49 bits per heavy atom. The van der Waals surface area contributed by atoms with Crippen LogP contribution in [0.15, 0.2) is 24.3 Å². The van der Waals surface area contributed by atoms with Gasteiger partial charge in [0.1, 0.15) is 0 Å². The predicted molar refractivity (Wildman–Crippen MR) is 127 cm³/mol. The van der Waals surface area contributed by atoms with Crippen LogP contribution >= 0.6 is 0 Å². The second kappa shape index (κ2) is 15.0. The molecule has 0 radical (unpaired) electrons. The van der Waals surface area contributed by atoms with Gasteiger partial charge in [0, 0.05) is 70.9 Å². The van der Waals surface area contributed by atoms with Crippen LogP contribution in [0.1, 0.15) is 28.8 Å². The fourth-order valence-corrected chi connectivity index (χ4v) is 3.91. The van der Waals surface area contributed by atoms with Crippen LogP contribution in [0.4, 0.5) is 26.3 Å². The van der Waals surface area contributed by atoms with Crippen LogP contribution in [0.2, 0.25) is 0 Å². The van der Waals surface area contributed by atoms with Crippen molar-refractivity contribution in [2.45, 2.75) is 25.2 Å². The molecule has 2 saturated heterocycles. The highest BCUT2D eigenvalue weighted by molar-refractivity contribution is 5.94. The van der Waals surface area contributed by atoms with E-state index in [1.807, 2.05) is 0 Å².